The molecule has 1 aliphatic carbocycles. The Bertz CT molecular complexity index is 3480. The largest absolute Gasteiger partial charge is 0.456 e. The predicted molar refractivity (Wildman–Crippen MR) is 241 cm³/mol. The molecule has 3 aromatic heterocycles. The molecule has 0 saturated carbocycles. The van der Waals surface area contributed by atoms with E-state index >= 15 is 0 Å². The second kappa shape index (κ2) is 12.7. The summed E-state index contributed by atoms with van der Waals surface area (Å²) in [5.74, 6) is 0.681. The fraction of sp³-hybridized carbons (Fsp3) is 0.0545. The number of hydrogen-bond acceptors (Lipinski definition) is 4. The highest BCUT2D eigenvalue weighted by Crippen LogP contribution is 2.50. The fourth-order valence-corrected chi connectivity index (χ4v) is 9.30. The molecule has 278 valence electrons. The van der Waals surface area contributed by atoms with Gasteiger partial charge in [0.1, 0.15) is 22.3 Å². The SMILES string of the molecule is CC1(C)c2ccccc2-c2ccc(-c3cc(-c4cc(-c5ccc6oc7ccccc7c6c5)ccc4-c4ccc5oc6ccccc6c5c4)nc(-c4ccccc4)n3)cc21. The van der Waals surface area contributed by atoms with Crippen molar-refractivity contribution in [1.29, 1.82) is 0 Å². The van der Waals surface area contributed by atoms with Crippen LogP contribution in [0.15, 0.2) is 191 Å². The molecule has 0 N–H and O–H groups in total. The molecule has 0 unspecified atom stereocenters. The minimum atomic E-state index is -0.140. The van der Waals surface area contributed by atoms with Crippen molar-refractivity contribution in [1.82, 2.24) is 9.97 Å². The molecule has 4 nitrogen and oxygen atoms in total. The minimum absolute atomic E-state index is 0.140. The maximum absolute atomic E-state index is 6.26. The summed E-state index contributed by atoms with van der Waals surface area (Å²) in [6, 6.07) is 64.3. The number of nitrogens with zero attached hydrogens (tertiary/aromatic N) is 2. The third-order valence-electron chi connectivity index (χ3n) is 12.3. The van der Waals surface area contributed by atoms with E-state index in [2.05, 4.69) is 153 Å². The van der Waals surface area contributed by atoms with Crippen molar-refractivity contribution < 1.29 is 8.83 Å². The standard InChI is InChI=1S/C55H36N2O2/c1-55(2)46-17-9-6-14-39(46)40-25-21-37(31-47(40)55)48-32-49(57-54(56-48)33-12-4-3-5-13-33)43-28-34(35-22-26-52-44(29-35)41-15-7-10-18-50(41)58-52)20-24-38(43)36-23-27-53-45(30-36)42-16-8-11-19-51(42)59-53/h3-32H,1-2H3. The van der Waals surface area contributed by atoms with Crippen LogP contribution < -0.4 is 0 Å². The van der Waals surface area contributed by atoms with Gasteiger partial charge >= 0.3 is 0 Å². The molecule has 12 rings (SSSR count). The van der Waals surface area contributed by atoms with Crippen LogP contribution in [-0.2, 0) is 5.41 Å². The number of hydrogen-bond donors (Lipinski definition) is 0. The van der Waals surface area contributed by atoms with E-state index in [1.165, 1.54) is 22.3 Å². The molecule has 0 bridgehead atoms. The first-order chi connectivity index (χ1) is 29.0. The maximum atomic E-state index is 6.26. The van der Waals surface area contributed by atoms with Crippen LogP contribution in [0.1, 0.15) is 25.0 Å². The summed E-state index contributed by atoms with van der Waals surface area (Å²) in [6.07, 6.45) is 0. The van der Waals surface area contributed by atoms with E-state index in [1.54, 1.807) is 0 Å². The molecule has 0 fully saturated rings. The van der Waals surface area contributed by atoms with E-state index in [0.29, 0.717) is 5.82 Å². The van der Waals surface area contributed by atoms with Crippen LogP contribution in [0.25, 0.3) is 111 Å². The summed E-state index contributed by atoms with van der Waals surface area (Å²) in [5, 5.41) is 4.38. The molecular weight excluding hydrogens is 721 g/mol. The van der Waals surface area contributed by atoms with Gasteiger partial charge in [0.2, 0.25) is 0 Å². The number of fused-ring (bicyclic) bond motifs is 9. The van der Waals surface area contributed by atoms with Crippen LogP contribution in [0, 0.1) is 0 Å². The zero-order valence-corrected chi connectivity index (χ0v) is 32.5. The lowest BCUT2D eigenvalue weighted by molar-refractivity contribution is 0.660. The average molecular weight is 757 g/mol. The van der Waals surface area contributed by atoms with Gasteiger partial charge in [-0.05, 0) is 99.1 Å². The number of para-hydroxylation sites is 2. The Kier molecular flexibility index (Phi) is 7.24. The van der Waals surface area contributed by atoms with Crippen molar-refractivity contribution in [3.63, 3.8) is 0 Å². The quantitative estimate of drug-likeness (QED) is 0.175. The van der Waals surface area contributed by atoms with E-state index in [4.69, 9.17) is 18.8 Å². The van der Waals surface area contributed by atoms with Crippen molar-refractivity contribution >= 4 is 43.9 Å². The fourth-order valence-electron chi connectivity index (χ4n) is 9.30. The zero-order valence-electron chi connectivity index (χ0n) is 32.5. The van der Waals surface area contributed by atoms with E-state index in [9.17, 15) is 0 Å². The molecule has 11 aromatic rings. The Morgan fingerprint density at radius 1 is 0.339 bits per heavy atom. The second-order valence-electron chi connectivity index (χ2n) is 16.1. The Morgan fingerprint density at radius 3 is 1.64 bits per heavy atom. The third kappa shape index (κ3) is 5.30. The molecule has 0 atom stereocenters. The van der Waals surface area contributed by atoms with Gasteiger partial charge in [0.05, 0.1) is 11.4 Å². The minimum Gasteiger partial charge on any atom is -0.456 e. The monoisotopic (exact) mass is 756 g/mol. The van der Waals surface area contributed by atoms with Gasteiger partial charge in [-0.15, -0.1) is 0 Å². The summed E-state index contributed by atoms with van der Waals surface area (Å²) in [5.41, 5.74) is 17.7. The maximum Gasteiger partial charge on any atom is 0.160 e. The molecule has 0 aliphatic heterocycles. The van der Waals surface area contributed by atoms with Crippen LogP contribution in [0.5, 0.6) is 0 Å². The van der Waals surface area contributed by atoms with Gasteiger partial charge in [-0.2, -0.15) is 0 Å². The summed E-state index contributed by atoms with van der Waals surface area (Å²) < 4.78 is 12.5. The van der Waals surface area contributed by atoms with Gasteiger partial charge < -0.3 is 8.83 Å². The topological polar surface area (TPSA) is 52.1 Å². The molecular formula is C55H36N2O2. The smallest absolute Gasteiger partial charge is 0.160 e. The van der Waals surface area contributed by atoms with Crippen LogP contribution in [0.4, 0.5) is 0 Å². The molecule has 3 heterocycles. The average Bonchev–Trinajstić information content (AvgIpc) is 3.93. The Morgan fingerprint density at radius 2 is 0.881 bits per heavy atom. The van der Waals surface area contributed by atoms with Crippen molar-refractivity contribution in [2.24, 2.45) is 0 Å². The lowest BCUT2D eigenvalue weighted by atomic mass is 9.82. The van der Waals surface area contributed by atoms with Gasteiger partial charge in [-0.25, -0.2) is 9.97 Å². The summed E-state index contributed by atoms with van der Waals surface area (Å²) >= 11 is 0. The van der Waals surface area contributed by atoms with Crippen LogP contribution in [0.3, 0.4) is 0 Å². The molecule has 4 heteroatoms. The van der Waals surface area contributed by atoms with Crippen molar-refractivity contribution in [3.05, 3.63) is 193 Å². The number of rotatable bonds is 5. The van der Waals surface area contributed by atoms with Crippen LogP contribution in [-0.4, -0.2) is 9.97 Å². The lowest BCUT2D eigenvalue weighted by Crippen LogP contribution is -2.14. The van der Waals surface area contributed by atoms with Gasteiger partial charge in [-0.1, -0.05) is 141 Å². The Hall–Kier alpha value is -7.56. The first-order valence-corrected chi connectivity index (χ1v) is 20.1. The summed E-state index contributed by atoms with van der Waals surface area (Å²) in [4.78, 5) is 10.7. The van der Waals surface area contributed by atoms with Crippen LogP contribution in [0.2, 0.25) is 0 Å². The zero-order chi connectivity index (χ0) is 39.2. The van der Waals surface area contributed by atoms with Crippen molar-refractivity contribution in [2.45, 2.75) is 19.3 Å². The highest BCUT2D eigenvalue weighted by Gasteiger charge is 2.35. The number of aromatic nitrogens is 2. The second-order valence-corrected chi connectivity index (χ2v) is 16.1. The van der Waals surface area contributed by atoms with E-state index in [1.807, 2.05) is 42.5 Å². The highest BCUT2D eigenvalue weighted by molar-refractivity contribution is 6.08. The molecule has 8 aromatic carbocycles. The van der Waals surface area contributed by atoms with Gasteiger partial charge in [0.25, 0.3) is 0 Å². The normalized spacial score (nSPS) is 13.1. The van der Waals surface area contributed by atoms with E-state index in [-0.39, 0.29) is 5.41 Å². The molecule has 0 amide bonds. The number of benzene rings is 8. The third-order valence-corrected chi connectivity index (χ3v) is 12.3. The van der Waals surface area contributed by atoms with E-state index in [0.717, 1.165) is 94.2 Å². The molecule has 1 aliphatic rings. The van der Waals surface area contributed by atoms with Gasteiger partial charge in [0, 0.05) is 43.7 Å². The molecule has 0 saturated heterocycles. The lowest BCUT2D eigenvalue weighted by Gasteiger charge is -2.22. The molecule has 0 spiro atoms. The first kappa shape index (κ1) is 33.6. The van der Waals surface area contributed by atoms with E-state index < -0.39 is 0 Å². The Balaban J connectivity index is 1.09. The van der Waals surface area contributed by atoms with Crippen molar-refractivity contribution in [2.75, 3.05) is 0 Å². The molecule has 59 heavy (non-hydrogen) atoms. The molecule has 0 radical (unpaired) electrons. The number of furan rings is 2. The first-order valence-electron chi connectivity index (χ1n) is 20.1. The van der Waals surface area contributed by atoms with Gasteiger partial charge in [-0.3, -0.25) is 0 Å². The predicted octanol–water partition coefficient (Wildman–Crippen LogP) is 14.9. The summed E-state index contributed by atoms with van der Waals surface area (Å²) in [6.45, 7) is 4.65. The van der Waals surface area contributed by atoms with Crippen molar-refractivity contribution in [3.8, 4) is 67.3 Å². The Labute approximate surface area is 341 Å². The van der Waals surface area contributed by atoms with Gasteiger partial charge in [0.15, 0.2) is 5.82 Å². The van der Waals surface area contributed by atoms with Crippen LogP contribution >= 0.6 is 0 Å². The highest BCUT2D eigenvalue weighted by atomic mass is 16.3. The summed E-state index contributed by atoms with van der Waals surface area (Å²) in [7, 11) is 0.